The van der Waals surface area contributed by atoms with E-state index in [0.29, 0.717) is 24.4 Å². The molecule has 1 aromatic heterocycles. The fourth-order valence-corrected chi connectivity index (χ4v) is 3.31. The second-order valence-electron chi connectivity index (χ2n) is 5.76. The molecule has 0 amide bonds. The maximum Gasteiger partial charge on any atom is 0.214 e. The van der Waals surface area contributed by atoms with Gasteiger partial charge in [-0.3, -0.25) is 4.90 Å². The molecule has 0 radical (unpaired) electrons. The highest BCUT2D eigenvalue weighted by Crippen LogP contribution is 2.27. The Hall–Kier alpha value is -1.33. The first kappa shape index (κ1) is 13.6. The van der Waals surface area contributed by atoms with Crippen LogP contribution in [0.2, 0.25) is 0 Å². The molecule has 5 heteroatoms. The Balaban J connectivity index is 1.67. The lowest BCUT2D eigenvalue weighted by molar-refractivity contribution is 0.0672. The quantitative estimate of drug-likeness (QED) is 0.892. The summed E-state index contributed by atoms with van der Waals surface area (Å²) in [6.45, 7) is 4.44. The summed E-state index contributed by atoms with van der Waals surface area (Å²) in [6.07, 6.45) is 2.31. The molecule has 2 fully saturated rings. The van der Waals surface area contributed by atoms with Gasteiger partial charge in [0.1, 0.15) is 5.82 Å². The van der Waals surface area contributed by atoms with Gasteiger partial charge in [0, 0.05) is 44.9 Å². The number of methoxy groups -OCH3 is 1. The van der Waals surface area contributed by atoms with E-state index in [4.69, 9.17) is 4.74 Å². The molecular weight excluding hydrogens is 254 g/mol. The second kappa shape index (κ2) is 5.97. The van der Waals surface area contributed by atoms with Crippen molar-refractivity contribution in [1.29, 1.82) is 0 Å². The maximum atomic E-state index is 9.31. The zero-order chi connectivity index (χ0) is 13.9. The molecule has 2 saturated heterocycles. The van der Waals surface area contributed by atoms with Gasteiger partial charge in [0.15, 0.2) is 0 Å². The van der Waals surface area contributed by atoms with Gasteiger partial charge < -0.3 is 14.7 Å². The number of aliphatic hydroxyl groups is 1. The average molecular weight is 277 g/mol. The molecule has 1 aromatic rings. The summed E-state index contributed by atoms with van der Waals surface area (Å²) >= 11 is 0. The van der Waals surface area contributed by atoms with Crippen LogP contribution in [-0.2, 0) is 0 Å². The molecule has 3 rings (SSSR count). The molecule has 3 heterocycles. The molecule has 0 aromatic carbocycles. The van der Waals surface area contributed by atoms with E-state index in [0.717, 1.165) is 38.4 Å². The Morgan fingerprint density at radius 1 is 1.30 bits per heavy atom. The molecule has 2 aliphatic heterocycles. The molecule has 2 aliphatic rings. The summed E-state index contributed by atoms with van der Waals surface area (Å²) in [4.78, 5) is 9.41. The molecule has 1 N–H and O–H groups in total. The minimum atomic E-state index is 0.324. The Morgan fingerprint density at radius 2 is 2.20 bits per heavy atom. The van der Waals surface area contributed by atoms with E-state index in [9.17, 15) is 5.11 Å². The van der Waals surface area contributed by atoms with Gasteiger partial charge in [0.25, 0.3) is 0 Å². The largest absolute Gasteiger partial charge is 0.481 e. The molecule has 5 nitrogen and oxygen atoms in total. The van der Waals surface area contributed by atoms with Crippen molar-refractivity contribution in [3.05, 3.63) is 18.2 Å². The number of hydrogen-bond donors (Lipinski definition) is 1. The van der Waals surface area contributed by atoms with Gasteiger partial charge in [-0.25, -0.2) is 0 Å². The van der Waals surface area contributed by atoms with Crippen molar-refractivity contribution in [3.8, 4) is 5.88 Å². The Bertz CT molecular complexity index is 454. The van der Waals surface area contributed by atoms with Crippen LogP contribution in [0, 0.1) is 5.92 Å². The van der Waals surface area contributed by atoms with Crippen LogP contribution in [0.3, 0.4) is 0 Å². The van der Waals surface area contributed by atoms with E-state index in [2.05, 4.69) is 20.9 Å². The van der Waals surface area contributed by atoms with Gasteiger partial charge in [-0.05, 0) is 24.8 Å². The number of ether oxygens (including phenoxy) is 1. The number of rotatable bonds is 3. The predicted molar refractivity (Wildman–Crippen MR) is 78.2 cm³/mol. The van der Waals surface area contributed by atoms with Gasteiger partial charge in [-0.15, -0.1) is 0 Å². The van der Waals surface area contributed by atoms with Crippen LogP contribution < -0.4 is 9.64 Å². The lowest BCUT2D eigenvalue weighted by atomic mass is 9.91. The van der Waals surface area contributed by atoms with E-state index in [-0.39, 0.29) is 0 Å². The topological polar surface area (TPSA) is 48.8 Å². The van der Waals surface area contributed by atoms with Crippen molar-refractivity contribution in [1.82, 2.24) is 9.88 Å². The fourth-order valence-electron chi connectivity index (χ4n) is 3.31. The molecule has 2 unspecified atom stereocenters. The maximum absolute atomic E-state index is 9.31. The highest BCUT2D eigenvalue weighted by molar-refractivity contribution is 5.41. The van der Waals surface area contributed by atoms with Gasteiger partial charge in [0.05, 0.1) is 7.11 Å². The van der Waals surface area contributed by atoms with Crippen LogP contribution in [-0.4, -0.2) is 60.9 Å². The predicted octanol–water partition coefficient (Wildman–Crippen LogP) is 0.983. The number of anilines is 1. The van der Waals surface area contributed by atoms with Gasteiger partial charge in [-0.1, -0.05) is 6.07 Å². The number of aliphatic hydroxyl groups excluding tert-OH is 1. The van der Waals surface area contributed by atoms with Crippen molar-refractivity contribution in [2.75, 3.05) is 44.8 Å². The fraction of sp³-hybridized carbons (Fsp3) is 0.667. The summed E-state index contributed by atoms with van der Waals surface area (Å²) in [7, 11) is 1.65. The van der Waals surface area contributed by atoms with E-state index in [1.807, 2.05) is 12.1 Å². The summed E-state index contributed by atoms with van der Waals surface area (Å²) in [6, 6.07) is 6.53. The van der Waals surface area contributed by atoms with Crippen LogP contribution in [0.25, 0.3) is 0 Å². The number of fused-ring (bicyclic) bond motifs is 1. The summed E-state index contributed by atoms with van der Waals surface area (Å²) in [5.41, 5.74) is 0. The molecule has 0 bridgehead atoms. The van der Waals surface area contributed by atoms with Crippen molar-refractivity contribution in [2.45, 2.75) is 18.9 Å². The van der Waals surface area contributed by atoms with Crippen LogP contribution in [0.4, 0.5) is 5.82 Å². The number of pyridine rings is 1. The van der Waals surface area contributed by atoms with Crippen LogP contribution in [0.1, 0.15) is 12.8 Å². The van der Waals surface area contributed by atoms with Gasteiger partial charge in [0.2, 0.25) is 5.88 Å². The van der Waals surface area contributed by atoms with Crippen molar-refractivity contribution in [2.24, 2.45) is 5.92 Å². The lowest BCUT2D eigenvalue weighted by Gasteiger charge is -2.46. The van der Waals surface area contributed by atoms with E-state index >= 15 is 0 Å². The summed E-state index contributed by atoms with van der Waals surface area (Å²) in [5.74, 6) is 2.15. The average Bonchev–Trinajstić information content (AvgIpc) is 2.54. The minimum absolute atomic E-state index is 0.324. The van der Waals surface area contributed by atoms with Gasteiger partial charge >= 0.3 is 0 Å². The molecule has 20 heavy (non-hydrogen) atoms. The smallest absolute Gasteiger partial charge is 0.214 e. The number of piperazine rings is 1. The van der Waals surface area contributed by atoms with Crippen molar-refractivity contribution >= 4 is 5.82 Å². The zero-order valence-corrected chi connectivity index (χ0v) is 12.0. The van der Waals surface area contributed by atoms with Crippen LogP contribution in [0.15, 0.2) is 18.2 Å². The molecule has 110 valence electrons. The highest BCUT2D eigenvalue weighted by atomic mass is 16.5. The number of hydrogen-bond acceptors (Lipinski definition) is 5. The second-order valence-corrected chi connectivity index (χ2v) is 5.76. The SMILES string of the molecule is COc1cccc(N2CCN3CC(CO)CCC3C2)n1. The Kier molecular flexibility index (Phi) is 4.08. The Morgan fingerprint density at radius 3 is 3.00 bits per heavy atom. The van der Waals surface area contributed by atoms with Crippen LogP contribution in [0.5, 0.6) is 5.88 Å². The monoisotopic (exact) mass is 277 g/mol. The minimum Gasteiger partial charge on any atom is -0.481 e. The standard InChI is InChI=1S/C15H23N3O2/c1-20-15-4-2-3-14(16-15)18-8-7-17-9-12(11-19)5-6-13(17)10-18/h2-4,12-13,19H,5-11H2,1H3. The normalized spacial score (nSPS) is 27.2. The molecule has 0 aliphatic carbocycles. The molecule has 0 spiro atoms. The summed E-state index contributed by atoms with van der Waals surface area (Å²) < 4.78 is 5.20. The number of nitrogens with zero attached hydrogens (tertiary/aromatic N) is 3. The van der Waals surface area contributed by atoms with E-state index < -0.39 is 0 Å². The van der Waals surface area contributed by atoms with Gasteiger partial charge in [-0.2, -0.15) is 4.98 Å². The molecule has 2 atom stereocenters. The molecule has 0 saturated carbocycles. The van der Waals surface area contributed by atoms with E-state index in [1.54, 1.807) is 7.11 Å². The number of piperidine rings is 1. The summed E-state index contributed by atoms with van der Waals surface area (Å²) in [5, 5.41) is 9.31. The third kappa shape index (κ3) is 2.74. The first-order valence-corrected chi connectivity index (χ1v) is 7.41. The lowest BCUT2D eigenvalue weighted by Crippen LogP contribution is -2.57. The highest BCUT2D eigenvalue weighted by Gasteiger charge is 2.32. The van der Waals surface area contributed by atoms with E-state index in [1.165, 1.54) is 6.42 Å². The first-order valence-electron chi connectivity index (χ1n) is 7.41. The third-order valence-corrected chi connectivity index (χ3v) is 4.51. The third-order valence-electron chi connectivity index (χ3n) is 4.51. The Labute approximate surface area is 120 Å². The first-order chi connectivity index (χ1) is 9.80. The van der Waals surface area contributed by atoms with Crippen LogP contribution >= 0.6 is 0 Å². The van der Waals surface area contributed by atoms with Crippen molar-refractivity contribution in [3.63, 3.8) is 0 Å². The van der Waals surface area contributed by atoms with Crippen molar-refractivity contribution < 1.29 is 9.84 Å². The number of aromatic nitrogens is 1. The molecular formula is C15H23N3O2. The zero-order valence-electron chi connectivity index (χ0n) is 12.0.